The molecule has 1 aromatic rings. The molecule has 3 heteroatoms. The second-order valence-electron chi connectivity index (χ2n) is 3.57. The number of rotatable bonds is 1. The van der Waals surface area contributed by atoms with Crippen molar-refractivity contribution in [1.29, 1.82) is 0 Å². The van der Waals surface area contributed by atoms with Gasteiger partial charge in [-0.2, -0.15) is 0 Å². The molecule has 0 amide bonds. The van der Waals surface area contributed by atoms with Crippen LogP contribution in [0, 0.1) is 13.8 Å². The van der Waals surface area contributed by atoms with Gasteiger partial charge in [0.25, 0.3) is 0 Å². The molecule has 1 aromatic carbocycles. The molecular formula is C12H10O3. The van der Waals surface area contributed by atoms with E-state index in [2.05, 4.69) is 4.74 Å². The van der Waals surface area contributed by atoms with Crippen molar-refractivity contribution in [2.45, 2.75) is 13.8 Å². The number of esters is 2. The van der Waals surface area contributed by atoms with Crippen LogP contribution in [0.3, 0.4) is 0 Å². The SMILES string of the molecule is Cc1ccc(C2=CC(=O)OC2=O)cc1C. The maximum absolute atomic E-state index is 11.3. The monoisotopic (exact) mass is 202 g/mol. The first-order valence-corrected chi connectivity index (χ1v) is 4.63. The van der Waals surface area contributed by atoms with Gasteiger partial charge >= 0.3 is 11.9 Å². The lowest BCUT2D eigenvalue weighted by molar-refractivity contribution is -0.149. The summed E-state index contributed by atoms with van der Waals surface area (Å²) in [6.07, 6.45) is 1.23. The van der Waals surface area contributed by atoms with Crippen LogP contribution in [-0.4, -0.2) is 11.9 Å². The van der Waals surface area contributed by atoms with Crippen molar-refractivity contribution >= 4 is 17.5 Å². The van der Waals surface area contributed by atoms with Crippen molar-refractivity contribution in [3.8, 4) is 0 Å². The van der Waals surface area contributed by atoms with E-state index < -0.39 is 11.9 Å². The number of benzene rings is 1. The maximum Gasteiger partial charge on any atom is 0.346 e. The molecule has 0 radical (unpaired) electrons. The Kier molecular flexibility index (Phi) is 2.15. The van der Waals surface area contributed by atoms with E-state index in [0.717, 1.165) is 16.7 Å². The molecule has 1 heterocycles. The van der Waals surface area contributed by atoms with Gasteiger partial charge in [0.1, 0.15) is 0 Å². The van der Waals surface area contributed by atoms with E-state index in [1.807, 2.05) is 32.0 Å². The first kappa shape index (κ1) is 9.65. The lowest BCUT2D eigenvalue weighted by Crippen LogP contribution is -2.01. The Morgan fingerprint density at radius 1 is 1.07 bits per heavy atom. The molecule has 1 aliphatic heterocycles. The number of aryl methyl sites for hydroxylation is 2. The summed E-state index contributed by atoms with van der Waals surface area (Å²) in [4.78, 5) is 22.1. The summed E-state index contributed by atoms with van der Waals surface area (Å²) in [6.45, 7) is 3.95. The van der Waals surface area contributed by atoms with Crippen LogP contribution in [0.2, 0.25) is 0 Å². The first-order chi connectivity index (χ1) is 7.08. The third-order valence-corrected chi connectivity index (χ3v) is 2.49. The van der Waals surface area contributed by atoms with Crippen LogP contribution in [0.5, 0.6) is 0 Å². The average molecular weight is 202 g/mol. The molecular weight excluding hydrogens is 192 g/mol. The van der Waals surface area contributed by atoms with Crippen LogP contribution >= 0.6 is 0 Å². The van der Waals surface area contributed by atoms with E-state index in [1.165, 1.54) is 6.08 Å². The number of hydrogen-bond donors (Lipinski definition) is 0. The van der Waals surface area contributed by atoms with E-state index in [1.54, 1.807) is 0 Å². The summed E-state index contributed by atoms with van der Waals surface area (Å²) < 4.78 is 4.43. The fourth-order valence-corrected chi connectivity index (χ4v) is 1.46. The van der Waals surface area contributed by atoms with Crippen molar-refractivity contribution in [1.82, 2.24) is 0 Å². The largest absolute Gasteiger partial charge is 0.386 e. The molecule has 0 saturated heterocycles. The average Bonchev–Trinajstić information content (AvgIpc) is 2.50. The summed E-state index contributed by atoms with van der Waals surface area (Å²) >= 11 is 0. The molecule has 76 valence electrons. The molecule has 0 spiro atoms. The predicted octanol–water partition coefficient (Wildman–Crippen LogP) is 1.77. The number of ether oxygens (including phenoxy) is 1. The van der Waals surface area contributed by atoms with E-state index in [4.69, 9.17) is 0 Å². The van der Waals surface area contributed by atoms with E-state index >= 15 is 0 Å². The first-order valence-electron chi connectivity index (χ1n) is 4.63. The van der Waals surface area contributed by atoms with Gasteiger partial charge in [-0.05, 0) is 30.5 Å². The highest BCUT2D eigenvalue weighted by atomic mass is 16.6. The highest BCUT2D eigenvalue weighted by Gasteiger charge is 2.24. The van der Waals surface area contributed by atoms with Crippen molar-refractivity contribution in [3.05, 3.63) is 41.0 Å². The lowest BCUT2D eigenvalue weighted by atomic mass is 10.0. The predicted molar refractivity (Wildman–Crippen MR) is 55.0 cm³/mol. The summed E-state index contributed by atoms with van der Waals surface area (Å²) in [5.41, 5.74) is 3.30. The molecule has 15 heavy (non-hydrogen) atoms. The molecule has 0 saturated carbocycles. The van der Waals surface area contributed by atoms with E-state index in [0.29, 0.717) is 5.57 Å². The lowest BCUT2D eigenvalue weighted by Gasteiger charge is -2.03. The number of carbonyl (C=O) groups excluding carboxylic acids is 2. The fourth-order valence-electron chi connectivity index (χ4n) is 1.46. The van der Waals surface area contributed by atoms with E-state index in [9.17, 15) is 9.59 Å². The Bertz CT molecular complexity index is 484. The van der Waals surface area contributed by atoms with Crippen molar-refractivity contribution in [2.75, 3.05) is 0 Å². The molecule has 0 aromatic heterocycles. The third kappa shape index (κ3) is 1.68. The van der Waals surface area contributed by atoms with Gasteiger partial charge in [-0.3, -0.25) is 0 Å². The topological polar surface area (TPSA) is 43.4 Å². The maximum atomic E-state index is 11.3. The molecule has 2 rings (SSSR count). The smallest absolute Gasteiger partial charge is 0.346 e. The molecule has 0 aliphatic carbocycles. The Hall–Kier alpha value is -1.90. The molecule has 1 aliphatic rings. The standard InChI is InChI=1S/C12H10O3/c1-7-3-4-9(5-8(7)2)10-6-11(13)15-12(10)14/h3-6H,1-2H3. The molecule has 3 nitrogen and oxygen atoms in total. The molecule has 0 fully saturated rings. The quantitative estimate of drug-likeness (QED) is 0.515. The van der Waals surface area contributed by atoms with Crippen molar-refractivity contribution in [3.63, 3.8) is 0 Å². The van der Waals surface area contributed by atoms with Gasteiger partial charge in [0.15, 0.2) is 0 Å². The summed E-state index contributed by atoms with van der Waals surface area (Å²) in [5, 5.41) is 0. The number of cyclic esters (lactones) is 2. The highest BCUT2D eigenvalue weighted by molar-refractivity contribution is 6.28. The minimum absolute atomic E-state index is 0.336. The van der Waals surface area contributed by atoms with Gasteiger partial charge in [-0.1, -0.05) is 18.2 Å². The van der Waals surface area contributed by atoms with Gasteiger partial charge in [0.05, 0.1) is 5.57 Å². The second-order valence-corrected chi connectivity index (χ2v) is 3.57. The second kappa shape index (κ2) is 3.35. The van der Waals surface area contributed by atoms with Crippen LogP contribution in [0.4, 0.5) is 0 Å². The summed E-state index contributed by atoms with van der Waals surface area (Å²) in [5.74, 6) is -1.16. The highest BCUT2D eigenvalue weighted by Crippen LogP contribution is 2.23. The van der Waals surface area contributed by atoms with Crippen LogP contribution in [0.1, 0.15) is 16.7 Å². The fraction of sp³-hybridized carbons (Fsp3) is 0.167. The van der Waals surface area contributed by atoms with Gasteiger partial charge in [-0.15, -0.1) is 0 Å². The van der Waals surface area contributed by atoms with Crippen molar-refractivity contribution < 1.29 is 14.3 Å². The summed E-state index contributed by atoms with van der Waals surface area (Å²) in [7, 11) is 0. The van der Waals surface area contributed by atoms with Gasteiger partial charge in [-0.25, -0.2) is 9.59 Å². The summed E-state index contributed by atoms with van der Waals surface area (Å²) in [6, 6.07) is 5.61. The molecule has 0 atom stereocenters. The number of carbonyl (C=O) groups is 2. The zero-order valence-electron chi connectivity index (χ0n) is 8.53. The Morgan fingerprint density at radius 3 is 2.33 bits per heavy atom. The van der Waals surface area contributed by atoms with Crippen LogP contribution < -0.4 is 0 Å². The molecule has 0 bridgehead atoms. The van der Waals surface area contributed by atoms with Crippen LogP contribution in [0.15, 0.2) is 24.3 Å². The van der Waals surface area contributed by atoms with E-state index in [-0.39, 0.29) is 0 Å². The molecule has 0 unspecified atom stereocenters. The molecule has 0 N–H and O–H groups in total. The van der Waals surface area contributed by atoms with Gasteiger partial charge in [0.2, 0.25) is 0 Å². The number of hydrogen-bond acceptors (Lipinski definition) is 3. The minimum atomic E-state index is -0.590. The van der Waals surface area contributed by atoms with Gasteiger partial charge < -0.3 is 4.74 Å². The zero-order chi connectivity index (χ0) is 11.0. The van der Waals surface area contributed by atoms with Crippen LogP contribution in [0.25, 0.3) is 5.57 Å². The Labute approximate surface area is 87.4 Å². The Morgan fingerprint density at radius 2 is 1.80 bits per heavy atom. The van der Waals surface area contributed by atoms with Crippen molar-refractivity contribution in [2.24, 2.45) is 0 Å². The zero-order valence-corrected chi connectivity index (χ0v) is 8.53. The minimum Gasteiger partial charge on any atom is -0.386 e. The third-order valence-electron chi connectivity index (χ3n) is 2.49. The Balaban J connectivity index is 2.47. The van der Waals surface area contributed by atoms with Crippen LogP contribution in [-0.2, 0) is 14.3 Å². The normalized spacial score (nSPS) is 15.2. The van der Waals surface area contributed by atoms with Gasteiger partial charge in [0, 0.05) is 6.08 Å².